The van der Waals surface area contributed by atoms with E-state index in [0.29, 0.717) is 18.7 Å². The maximum atomic E-state index is 11.9. The molecule has 0 fully saturated rings. The van der Waals surface area contributed by atoms with Gasteiger partial charge in [0.15, 0.2) is 5.96 Å². The first-order valence-electron chi connectivity index (χ1n) is 7.52. The van der Waals surface area contributed by atoms with Gasteiger partial charge in [0.2, 0.25) is 0 Å². The molecule has 124 valence electrons. The number of halogens is 1. The third-order valence-electron chi connectivity index (χ3n) is 2.95. The van der Waals surface area contributed by atoms with Crippen LogP contribution in [0.3, 0.4) is 0 Å². The monoisotopic (exact) mass is 418 g/mol. The fraction of sp³-hybridized carbons (Fsp3) is 0.500. The number of hydrogen-bond acceptors (Lipinski definition) is 2. The molecule has 0 unspecified atom stereocenters. The summed E-state index contributed by atoms with van der Waals surface area (Å²) in [5.74, 6) is 0.755. The van der Waals surface area contributed by atoms with E-state index in [9.17, 15) is 4.79 Å². The number of hydrogen-bond donors (Lipinski definition) is 3. The van der Waals surface area contributed by atoms with Crippen LogP contribution in [0.5, 0.6) is 0 Å². The van der Waals surface area contributed by atoms with Gasteiger partial charge in [0.1, 0.15) is 0 Å². The first kappa shape index (κ1) is 20.7. The average Bonchev–Trinajstić information content (AvgIpc) is 2.53. The van der Waals surface area contributed by atoms with Crippen LogP contribution in [-0.2, 0) is 6.54 Å². The van der Waals surface area contributed by atoms with Crippen molar-refractivity contribution >= 4 is 35.8 Å². The maximum Gasteiger partial charge on any atom is 0.251 e. The molecule has 1 amide bonds. The van der Waals surface area contributed by atoms with Crippen molar-refractivity contribution in [1.82, 2.24) is 16.0 Å². The molecule has 0 aliphatic heterocycles. The van der Waals surface area contributed by atoms with Crippen molar-refractivity contribution in [3.63, 3.8) is 0 Å². The molecule has 0 spiro atoms. The van der Waals surface area contributed by atoms with Crippen molar-refractivity contribution < 1.29 is 4.79 Å². The zero-order valence-corrected chi connectivity index (χ0v) is 15.9. The Morgan fingerprint density at radius 3 is 2.41 bits per heavy atom. The Kier molecular flexibility index (Phi) is 11.5. The minimum atomic E-state index is -0.0211. The third kappa shape index (κ3) is 7.63. The van der Waals surface area contributed by atoms with Gasteiger partial charge in [0.05, 0.1) is 0 Å². The predicted octanol–water partition coefficient (Wildman–Crippen LogP) is 2.52. The van der Waals surface area contributed by atoms with Gasteiger partial charge in [0.25, 0.3) is 5.91 Å². The highest BCUT2D eigenvalue weighted by Gasteiger charge is 2.05. The molecule has 0 aromatic heterocycles. The summed E-state index contributed by atoms with van der Waals surface area (Å²) in [7, 11) is 1.75. The van der Waals surface area contributed by atoms with Crippen molar-refractivity contribution in [2.24, 2.45) is 4.99 Å². The number of guanidine groups is 1. The Labute approximate surface area is 150 Å². The van der Waals surface area contributed by atoms with Crippen molar-refractivity contribution in [1.29, 1.82) is 0 Å². The zero-order valence-electron chi connectivity index (χ0n) is 13.6. The summed E-state index contributed by atoms with van der Waals surface area (Å²) in [6, 6.07) is 7.64. The molecule has 0 radical (unpaired) electrons. The van der Waals surface area contributed by atoms with E-state index < -0.39 is 0 Å². The van der Waals surface area contributed by atoms with Crippen LogP contribution in [0.2, 0.25) is 0 Å². The molecule has 5 nitrogen and oxygen atoms in total. The van der Waals surface area contributed by atoms with Gasteiger partial charge in [-0.2, -0.15) is 0 Å². The summed E-state index contributed by atoms with van der Waals surface area (Å²) in [6.07, 6.45) is 1.99. The molecular formula is C16H27IN4O. The van der Waals surface area contributed by atoms with Crippen molar-refractivity contribution in [2.45, 2.75) is 33.2 Å². The Bertz CT molecular complexity index is 477. The molecule has 0 saturated carbocycles. The Morgan fingerprint density at radius 2 is 1.77 bits per heavy atom. The van der Waals surface area contributed by atoms with Gasteiger partial charge in [-0.3, -0.25) is 9.79 Å². The minimum Gasteiger partial charge on any atom is -0.356 e. The molecule has 0 atom stereocenters. The SMILES string of the molecule is CCCNC(=O)c1cccc(CNC(=NC)NCCC)c1.I. The van der Waals surface area contributed by atoms with Crippen LogP contribution >= 0.6 is 24.0 Å². The lowest BCUT2D eigenvalue weighted by atomic mass is 10.1. The largest absolute Gasteiger partial charge is 0.356 e. The summed E-state index contributed by atoms with van der Waals surface area (Å²) < 4.78 is 0. The molecule has 0 bridgehead atoms. The Balaban J connectivity index is 0.00000441. The Hall–Kier alpha value is -1.31. The molecule has 22 heavy (non-hydrogen) atoms. The Morgan fingerprint density at radius 1 is 1.09 bits per heavy atom. The summed E-state index contributed by atoms with van der Waals surface area (Å²) in [6.45, 7) is 6.38. The summed E-state index contributed by atoms with van der Waals surface area (Å²) in [5, 5.41) is 9.34. The summed E-state index contributed by atoms with van der Waals surface area (Å²) in [5.41, 5.74) is 1.75. The number of carbonyl (C=O) groups is 1. The van der Waals surface area contributed by atoms with Crippen LogP contribution in [0, 0.1) is 0 Å². The van der Waals surface area contributed by atoms with Crippen molar-refractivity contribution in [3.05, 3.63) is 35.4 Å². The maximum absolute atomic E-state index is 11.9. The molecule has 6 heteroatoms. The fourth-order valence-electron chi connectivity index (χ4n) is 1.81. The normalized spacial score (nSPS) is 10.6. The van der Waals surface area contributed by atoms with Crippen LogP contribution < -0.4 is 16.0 Å². The standard InChI is InChI=1S/C16H26N4O.HI/c1-4-9-18-15(21)14-8-6-7-13(11-14)12-20-16(17-3)19-10-5-2;/h6-8,11H,4-5,9-10,12H2,1-3H3,(H,18,21)(H2,17,19,20);1H. The van der Waals surface area contributed by atoms with Crippen molar-refractivity contribution in [3.8, 4) is 0 Å². The number of amides is 1. The van der Waals surface area contributed by atoms with E-state index in [2.05, 4.69) is 27.9 Å². The number of nitrogens with zero attached hydrogens (tertiary/aromatic N) is 1. The van der Waals surface area contributed by atoms with E-state index in [1.165, 1.54) is 0 Å². The van der Waals surface area contributed by atoms with Gasteiger partial charge >= 0.3 is 0 Å². The lowest BCUT2D eigenvalue weighted by Gasteiger charge is -2.11. The highest BCUT2D eigenvalue weighted by molar-refractivity contribution is 14.0. The van der Waals surface area contributed by atoms with Gasteiger partial charge in [-0.15, -0.1) is 24.0 Å². The second-order valence-corrected chi connectivity index (χ2v) is 4.81. The lowest BCUT2D eigenvalue weighted by Crippen LogP contribution is -2.37. The second kappa shape index (κ2) is 12.3. The molecule has 1 aromatic rings. The van der Waals surface area contributed by atoms with Gasteiger partial charge in [-0.25, -0.2) is 0 Å². The summed E-state index contributed by atoms with van der Waals surface area (Å²) >= 11 is 0. The molecule has 0 heterocycles. The van der Waals surface area contributed by atoms with Crippen LogP contribution in [0.4, 0.5) is 0 Å². The number of carbonyl (C=O) groups excluding carboxylic acids is 1. The zero-order chi connectivity index (χ0) is 15.5. The number of rotatable bonds is 7. The van der Waals surface area contributed by atoms with Gasteiger partial charge in [0, 0.05) is 32.2 Å². The average molecular weight is 418 g/mol. The van der Waals surface area contributed by atoms with Gasteiger partial charge < -0.3 is 16.0 Å². The highest BCUT2D eigenvalue weighted by Crippen LogP contribution is 2.05. The van der Waals surface area contributed by atoms with E-state index in [1.807, 2.05) is 31.2 Å². The van der Waals surface area contributed by atoms with E-state index in [-0.39, 0.29) is 29.9 Å². The topological polar surface area (TPSA) is 65.5 Å². The molecule has 1 aromatic carbocycles. The molecule has 3 N–H and O–H groups in total. The number of benzene rings is 1. The molecular weight excluding hydrogens is 391 g/mol. The first-order valence-corrected chi connectivity index (χ1v) is 7.52. The molecule has 1 rings (SSSR count). The van der Waals surface area contributed by atoms with Crippen LogP contribution in [0.1, 0.15) is 42.6 Å². The third-order valence-corrected chi connectivity index (χ3v) is 2.95. The highest BCUT2D eigenvalue weighted by atomic mass is 127. The van der Waals surface area contributed by atoms with Gasteiger partial charge in [-0.05, 0) is 30.5 Å². The van der Waals surface area contributed by atoms with Crippen LogP contribution in [0.25, 0.3) is 0 Å². The lowest BCUT2D eigenvalue weighted by molar-refractivity contribution is 0.0953. The minimum absolute atomic E-state index is 0. The van der Waals surface area contributed by atoms with E-state index >= 15 is 0 Å². The number of nitrogens with one attached hydrogen (secondary N) is 3. The number of aliphatic imine (C=N–C) groups is 1. The fourth-order valence-corrected chi connectivity index (χ4v) is 1.81. The molecule has 0 saturated heterocycles. The smallest absolute Gasteiger partial charge is 0.251 e. The van der Waals surface area contributed by atoms with Crippen LogP contribution in [-0.4, -0.2) is 32.0 Å². The molecule has 0 aliphatic carbocycles. The van der Waals surface area contributed by atoms with E-state index in [4.69, 9.17) is 0 Å². The quantitative estimate of drug-likeness (QED) is 0.362. The predicted molar refractivity (Wildman–Crippen MR) is 103 cm³/mol. The van der Waals surface area contributed by atoms with Crippen molar-refractivity contribution in [2.75, 3.05) is 20.1 Å². The second-order valence-electron chi connectivity index (χ2n) is 4.81. The summed E-state index contributed by atoms with van der Waals surface area (Å²) in [4.78, 5) is 16.1. The van der Waals surface area contributed by atoms with Gasteiger partial charge in [-0.1, -0.05) is 26.0 Å². The first-order chi connectivity index (χ1) is 10.2. The van der Waals surface area contributed by atoms with E-state index in [0.717, 1.165) is 30.9 Å². The van der Waals surface area contributed by atoms with E-state index in [1.54, 1.807) is 7.05 Å². The molecule has 0 aliphatic rings. The van der Waals surface area contributed by atoms with Crippen LogP contribution in [0.15, 0.2) is 29.3 Å².